The summed E-state index contributed by atoms with van der Waals surface area (Å²) >= 11 is 0. The molecule has 0 fully saturated rings. The maximum atomic E-state index is 11.5. The number of nitrogens with two attached hydrogens (primary N) is 1. The highest BCUT2D eigenvalue weighted by molar-refractivity contribution is 5.92. The van der Waals surface area contributed by atoms with Gasteiger partial charge in [0.15, 0.2) is 5.69 Å². The zero-order valence-corrected chi connectivity index (χ0v) is 8.70. The van der Waals surface area contributed by atoms with E-state index in [-0.39, 0.29) is 18.9 Å². The molecule has 5 N–H and O–H groups in total. The van der Waals surface area contributed by atoms with E-state index in [1.165, 1.54) is 10.9 Å². The van der Waals surface area contributed by atoms with Gasteiger partial charge in [-0.15, -0.1) is 5.10 Å². The first-order valence-corrected chi connectivity index (χ1v) is 4.84. The first-order chi connectivity index (χ1) is 7.71. The number of rotatable bonds is 6. The second-order valence-corrected chi connectivity index (χ2v) is 3.19. The van der Waals surface area contributed by atoms with Crippen LogP contribution in [0.5, 0.6) is 0 Å². The highest BCUT2D eigenvalue weighted by atomic mass is 16.3. The molecule has 1 aromatic rings. The molecule has 8 nitrogen and oxygen atoms in total. The minimum absolute atomic E-state index is 0.125. The number of carbonyl (C=O) groups is 1. The van der Waals surface area contributed by atoms with E-state index in [1.807, 2.05) is 0 Å². The first kappa shape index (κ1) is 12.6. The van der Waals surface area contributed by atoms with Crippen LogP contribution in [0.25, 0.3) is 0 Å². The number of nitrogens with zero attached hydrogens (tertiary/aromatic N) is 3. The van der Waals surface area contributed by atoms with Crippen LogP contribution in [0.1, 0.15) is 10.5 Å². The summed E-state index contributed by atoms with van der Waals surface area (Å²) in [4.78, 5) is 11.5. The molecule has 0 saturated carbocycles. The van der Waals surface area contributed by atoms with Crippen LogP contribution in [0.3, 0.4) is 0 Å². The summed E-state index contributed by atoms with van der Waals surface area (Å²) in [6.07, 6.45) is 1.45. The lowest BCUT2D eigenvalue weighted by molar-refractivity contribution is 0.0874. The van der Waals surface area contributed by atoms with Crippen molar-refractivity contribution >= 4 is 5.91 Å². The summed E-state index contributed by atoms with van der Waals surface area (Å²) in [5, 5.41) is 27.3. The number of hydrogen-bond donors (Lipinski definition) is 4. The Morgan fingerprint density at radius 2 is 2.25 bits per heavy atom. The summed E-state index contributed by atoms with van der Waals surface area (Å²) in [5.74, 6) is -0.489. The first-order valence-electron chi connectivity index (χ1n) is 4.84. The summed E-state index contributed by atoms with van der Waals surface area (Å²) in [6, 6.07) is -0.688. The van der Waals surface area contributed by atoms with E-state index >= 15 is 0 Å². The van der Waals surface area contributed by atoms with Gasteiger partial charge < -0.3 is 21.3 Å². The van der Waals surface area contributed by atoms with E-state index in [9.17, 15) is 4.79 Å². The fourth-order valence-corrected chi connectivity index (χ4v) is 1.05. The molecule has 0 saturated heterocycles. The van der Waals surface area contributed by atoms with Crippen LogP contribution < -0.4 is 11.1 Å². The van der Waals surface area contributed by atoms with Crippen molar-refractivity contribution in [3.8, 4) is 0 Å². The Balaban J connectivity index is 2.58. The van der Waals surface area contributed by atoms with E-state index in [1.54, 1.807) is 0 Å². The minimum Gasteiger partial charge on any atom is -0.394 e. The van der Waals surface area contributed by atoms with Crippen molar-refractivity contribution in [2.24, 2.45) is 5.73 Å². The maximum Gasteiger partial charge on any atom is 0.273 e. The molecule has 1 aromatic heterocycles. The number of nitrogens with one attached hydrogen (secondary N) is 1. The molecule has 90 valence electrons. The molecule has 1 amide bonds. The van der Waals surface area contributed by atoms with Gasteiger partial charge in [0.2, 0.25) is 0 Å². The number of amides is 1. The molecule has 0 aliphatic carbocycles. The van der Waals surface area contributed by atoms with Crippen molar-refractivity contribution in [1.82, 2.24) is 20.3 Å². The Hall–Kier alpha value is -1.51. The Morgan fingerprint density at radius 1 is 1.56 bits per heavy atom. The summed E-state index contributed by atoms with van der Waals surface area (Å²) in [5.41, 5.74) is 5.44. The van der Waals surface area contributed by atoms with Crippen LogP contribution in [0.4, 0.5) is 0 Å². The number of carbonyl (C=O) groups excluding carboxylic acids is 1. The van der Waals surface area contributed by atoms with Crippen LogP contribution in [0, 0.1) is 0 Å². The average Bonchev–Trinajstić information content (AvgIpc) is 2.74. The molecule has 0 bridgehead atoms. The molecule has 1 rings (SSSR count). The lowest BCUT2D eigenvalue weighted by Gasteiger charge is -2.11. The van der Waals surface area contributed by atoms with Crippen LogP contribution >= 0.6 is 0 Å². The third-order valence-corrected chi connectivity index (χ3v) is 1.91. The van der Waals surface area contributed by atoms with E-state index in [0.717, 1.165) is 0 Å². The van der Waals surface area contributed by atoms with Crippen LogP contribution in [-0.2, 0) is 6.54 Å². The van der Waals surface area contributed by atoms with Gasteiger partial charge in [0.1, 0.15) is 0 Å². The van der Waals surface area contributed by atoms with E-state index in [4.69, 9.17) is 15.9 Å². The molecule has 0 radical (unpaired) electrons. The molecule has 0 aliphatic rings. The van der Waals surface area contributed by atoms with Gasteiger partial charge in [0, 0.05) is 6.54 Å². The topological polar surface area (TPSA) is 126 Å². The lowest BCUT2D eigenvalue weighted by Crippen LogP contribution is -2.40. The van der Waals surface area contributed by atoms with Gasteiger partial charge in [-0.1, -0.05) is 5.21 Å². The Kier molecular flexibility index (Phi) is 4.83. The van der Waals surface area contributed by atoms with Crippen LogP contribution in [0.2, 0.25) is 0 Å². The van der Waals surface area contributed by atoms with Crippen molar-refractivity contribution in [3.05, 3.63) is 11.9 Å². The van der Waals surface area contributed by atoms with Gasteiger partial charge in [-0.2, -0.15) is 0 Å². The molecule has 8 heteroatoms. The van der Waals surface area contributed by atoms with Crippen molar-refractivity contribution in [2.75, 3.05) is 19.8 Å². The Bertz CT molecular complexity index is 336. The van der Waals surface area contributed by atoms with Crippen LogP contribution in [0.15, 0.2) is 6.20 Å². The summed E-state index contributed by atoms with van der Waals surface area (Å²) in [7, 11) is 0. The number of aromatic nitrogens is 3. The van der Waals surface area contributed by atoms with Gasteiger partial charge >= 0.3 is 0 Å². The van der Waals surface area contributed by atoms with E-state index in [2.05, 4.69) is 15.6 Å². The molecule has 0 unspecified atom stereocenters. The lowest BCUT2D eigenvalue weighted by atomic mass is 10.3. The highest BCUT2D eigenvalue weighted by Gasteiger charge is 2.14. The molecular weight excluding hydrogens is 214 g/mol. The smallest absolute Gasteiger partial charge is 0.273 e. The molecule has 0 spiro atoms. The van der Waals surface area contributed by atoms with Gasteiger partial charge in [-0.25, -0.2) is 0 Å². The zero-order valence-electron chi connectivity index (χ0n) is 8.70. The van der Waals surface area contributed by atoms with Crippen molar-refractivity contribution in [3.63, 3.8) is 0 Å². The number of aliphatic hydroxyl groups excluding tert-OH is 2. The fraction of sp³-hybridized carbons (Fsp3) is 0.625. The molecular formula is C8H15N5O3. The number of aliphatic hydroxyl groups is 2. The minimum atomic E-state index is -0.688. The van der Waals surface area contributed by atoms with Gasteiger partial charge in [0.25, 0.3) is 5.91 Å². The zero-order chi connectivity index (χ0) is 12.0. The van der Waals surface area contributed by atoms with Crippen molar-refractivity contribution in [1.29, 1.82) is 0 Å². The van der Waals surface area contributed by atoms with E-state index < -0.39 is 11.9 Å². The second-order valence-electron chi connectivity index (χ2n) is 3.19. The molecule has 16 heavy (non-hydrogen) atoms. The predicted octanol–water partition coefficient (Wildman–Crippen LogP) is -2.68. The molecule has 0 aliphatic heterocycles. The maximum absolute atomic E-state index is 11.5. The molecule has 1 heterocycles. The SMILES string of the molecule is NCCn1cc(C(=O)NC(CO)CO)nn1. The van der Waals surface area contributed by atoms with Gasteiger partial charge in [-0.3, -0.25) is 9.48 Å². The molecule has 0 atom stereocenters. The highest BCUT2D eigenvalue weighted by Crippen LogP contribution is 1.94. The van der Waals surface area contributed by atoms with Crippen LogP contribution in [-0.4, -0.2) is 56.9 Å². The Morgan fingerprint density at radius 3 is 2.81 bits per heavy atom. The Labute approximate surface area is 92.1 Å². The summed E-state index contributed by atoms with van der Waals surface area (Å²) < 4.78 is 1.45. The van der Waals surface area contributed by atoms with Gasteiger partial charge in [0.05, 0.1) is 32.0 Å². The standard InChI is InChI=1S/C8H15N5O3/c9-1-2-13-3-7(11-12-13)8(16)10-6(4-14)5-15/h3,6,14-15H,1-2,4-5,9H2,(H,10,16). The monoisotopic (exact) mass is 229 g/mol. The third-order valence-electron chi connectivity index (χ3n) is 1.91. The predicted molar refractivity (Wildman–Crippen MR) is 54.5 cm³/mol. The van der Waals surface area contributed by atoms with Gasteiger partial charge in [-0.05, 0) is 0 Å². The second kappa shape index (κ2) is 6.16. The fourth-order valence-electron chi connectivity index (χ4n) is 1.05. The third kappa shape index (κ3) is 3.26. The van der Waals surface area contributed by atoms with Crippen molar-refractivity contribution in [2.45, 2.75) is 12.6 Å². The quantitative estimate of drug-likeness (QED) is 0.421. The van der Waals surface area contributed by atoms with Crippen molar-refractivity contribution < 1.29 is 15.0 Å². The largest absolute Gasteiger partial charge is 0.394 e. The van der Waals surface area contributed by atoms with E-state index in [0.29, 0.717) is 13.1 Å². The average molecular weight is 229 g/mol. The number of hydrogen-bond acceptors (Lipinski definition) is 6. The molecule has 0 aromatic carbocycles. The normalized spacial score (nSPS) is 10.8. The summed E-state index contributed by atoms with van der Waals surface area (Å²) in [6.45, 7) is 0.211.